The van der Waals surface area contributed by atoms with Gasteiger partial charge in [0, 0.05) is 18.3 Å². The van der Waals surface area contributed by atoms with Crippen LogP contribution in [0, 0.1) is 13.8 Å². The Hall–Kier alpha value is -0.970. The number of aromatic nitrogens is 2. The Bertz CT molecular complexity index is 438. The van der Waals surface area contributed by atoms with Gasteiger partial charge in [-0.15, -0.1) is 0 Å². The fourth-order valence-electron chi connectivity index (χ4n) is 1.91. The van der Waals surface area contributed by atoms with Crippen molar-refractivity contribution in [2.75, 3.05) is 12.3 Å². The Morgan fingerprint density at radius 3 is 2.83 bits per heavy atom. The molecular weight excluding hydrogens is 246 g/mol. The molecule has 0 spiro atoms. The summed E-state index contributed by atoms with van der Waals surface area (Å²) < 4.78 is 2.30. The average molecular weight is 267 g/mol. The number of carbonyl (C=O) groups is 1. The van der Waals surface area contributed by atoms with Gasteiger partial charge in [-0.05, 0) is 33.1 Å². The number of hydrogen-bond acceptors (Lipinski definition) is 3. The van der Waals surface area contributed by atoms with Crippen molar-refractivity contribution in [2.24, 2.45) is 0 Å². The zero-order chi connectivity index (χ0) is 13.1. The Morgan fingerprint density at radius 2 is 2.22 bits per heavy atom. The molecular formula is C13H21N3OS. The van der Waals surface area contributed by atoms with Gasteiger partial charge in [0.05, 0.1) is 11.4 Å². The van der Waals surface area contributed by atoms with Gasteiger partial charge in [-0.3, -0.25) is 4.79 Å². The molecule has 0 atom stereocenters. The molecule has 1 N–H and O–H groups in total. The number of amides is 1. The Morgan fingerprint density at radius 1 is 1.50 bits per heavy atom. The Kier molecular flexibility index (Phi) is 4.32. The predicted octanol–water partition coefficient (Wildman–Crippen LogP) is 2.45. The molecule has 2 rings (SSSR count). The lowest BCUT2D eigenvalue weighted by Crippen LogP contribution is -2.25. The van der Waals surface area contributed by atoms with Crippen LogP contribution in [0.3, 0.4) is 0 Å². The fraction of sp³-hybridized carbons (Fsp3) is 0.692. The summed E-state index contributed by atoms with van der Waals surface area (Å²) in [4.78, 5) is 16.2. The minimum Gasteiger partial charge on any atom is -0.355 e. The van der Waals surface area contributed by atoms with Crippen LogP contribution in [0.4, 0.5) is 0 Å². The van der Waals surface area contributed by atoms with Crippen molar-refractivity contribution >= 4 is 17.7 Å². The smallest absolute Gasteiger partial charge is 0.230 e. The molecule has 0 unspecified atom stereocenters. The molecule has 1 aliphatic rings. The number of rotatable bonds is 6. The molecule has 5 heteroatoms. The van der Waals surface area contributed by atoms with Crippen LogP contribution in [0.5, 0.6) is 0 Å². The van der Waals surface area contributed by atoms with Gasteiger partial charge in [0.2, 0.25) is 5.91 Å². The highest BCUT2D eigenvalue weighted by molar-refractivity contribution is 7.99. The van der Waals surface area contributed by atoms with Crippen molar-refractivity contribution in [2.45, 2.75) is 51.2 Å². The third-order valence-corrected chi connectivity index (χ3v) is 4.12. The van der Waals surface area contributed by atoms with Gasteiger partial charge in [-0.25, -0.2) is 4.98 Å². The molecule has 0 aromatic carbocycles. The van der Waals surface area contributed by atoms with Crippen molar-refractivity contribution in [1.82, 2.24) is 14.9 Å². The number of hydrogen-bond donors (Lipinski definition) is 1. The van der Waals surface area contributed by atoms with Crippen LogP contribution in [0.25, 0.3) is 0 Å². The Balaban J connectivity index is 1.96. The van der Waals surface area contributed by atoms with Crippen LogP contribution in [0.1, 0.15) is 43.6 Å². The van der Waals surface area contributed by atoms with Crippen LogP contribution in [0.2, 0.25) is 0 Å². The summed E-state index contributed by atoms with van der Waals surface area (Å²) in [6.45, 7) is 6.96. The second kappa shape index (κ2) is 5.78. The average Bonchev–Trinajstić information content (AvgIpc) is 3.13. The maximum absolute atomic E-state index is 11.6. The monoisotopic (exact) mass is 267 g/mol. The lowest BCUT2D eigenvalue weighted by molar-refractivity contribution is -0.118. The highest BCUT2D eigenvalue weighted by Gasteiger charge is 2.28. The molecule has 1 aromatic rings. The molecule has 1 amide bonds. The van der Waals surface area contributed by atoms with E-state index in [0.717, 1.165) is 23.8 Å². The van der Waals surface area contributed by atoms with E-state index in [4.69, 9.17) is 0 Å². The largest absolute Gasteiger partial charge is 0.355 e. The minimum atomic E-state index is 0.0995. The number of imidazole rings is 1. The van der Waals surface area contributed by atoms with Gasteiger partial charge in [0.15, 0.2) is 5.16 Å². The van der Waals surface area contributed by atoms with E-state index in [2.05, 4.69) is 28.7 Å². The van der Waals surface area contributed by atoms with E-state index >= 15 is 0 Å². The first kappa shape index (κ1) is 13.5. The molecule has 1 saturated carbocycles. The predicted molar refractivity (Wildman–Crippen MR) is 74.0 cm³/mol. The molecule has 18 heavy (non-hydrogen) atoms. The molecule has 0 radical (unpaired) electrons. The van der Waals surface area contributed by atoms with Crippen LogP contribution in [0.15, 0.2) is 5.16 Å². The summed E-state index contributed by atoms with van der Waals surface area (Å²) in [6, 6.07) is 0.618. The van der Waals surface area contributed by atoms with E-state index < -0.39 is 0 Å². The first-order valence-electron chi connectivity index (χ1n) is 6.58. The summed E-state index contributed by atoms with van der Waals surface area (Å²) in [5.41, 5.74) is 2.33. The fourth-order valence-corrected chi connectivity index (χ4v) is 2.89. The van der Waals surface area contributed by atoms with Crippen molar-refractivity contribution in [1.29, 1.82) is 0 Å². The minimum absolute atomic E-state index is 0.0995. The van der Waals surface area contributed by atoms with Gasteiger partial charge >= 0.3 is 0 Å². The zero-order valence-corrected chi connectivity index (χ0v) is 12.1. The molecule has 0 aliphatic heterocycles. The van der Waals surface area contributed by atoms with Gasteiger partial charge in [0.25, 0.3) is 0 Å². The number of carbonyl (C=O) groups excluding carboxylic acids is 1. The van der Waals surface area contributed by atoms with Crippen LogP contribution in [-0.4, -0.2) is 27.8 Å². The number of thioether (sulfide) groups is 1. The van der Waals surface area contributed by atoms with E-state index in [9.17, 15) is 4.79 Å². The third-order valence-electron chi connectivity index (χ3n) is 3.17. The van der Waals surface area contributed by atoms with E-state index in [1.807, 2.05) is 6.92 Å². The normalized spacial score (nSPS) is 14.8. The van der Waals surface area contributed by atoms with Gasteiger partial charge in [0.1, 0.15) is 0 Å². The maximum Gasteiger partial charge on any atom is 0.230 e. The van der Waals surface area contributed by atoms with E-state index in [0.29, 0.717) is 11.8 Å². The first-order valence-corrected chi connectivity index (χ1v) is 7.57. The van der Waals surface area contributed by atoms with Gasteiger partial charge in [-0.1, -0.05) is 18.7 Å². The molecule has 0 saturated heterocycles. The molecule has 1 fully saturated rings. The Labute approximate surface area is 113 Å². The van der Waals surface area contributed by atoms with E-state index in [1.165, 1.54) is 18.5 Å². The SMILES string of the molecule is CCCNC(=O)CSc1nc(C)c(C)n1C1CC1. The molecule has 100 valence electrons. The van der Waals surface area contributed by atoms with Gasteiger partial charge < -0.3 is 9.88 Å². The number of nitrogens with zero attached hydrogens (tertiary/aromatic N) is 2. The third kappa shape index (κ3) is 3.07. The molecule has 4 nitrogen and oxygen atoms in total. The summed E-state index contributed by atoms with van der Waals surface area (Å²) in [5, 5.41) is 3.89. The second-order valence-electron chi connectivity index (χ2n) is 4.81. The lowest BCUT2D eigenvalue weighted by atomic mass is 10.4. The van der Waals surface area contributed by atoms with Crippen molar-refractivity contribution < 1.29 is 4.79 Å². The van der Waals surface area contributed by atoms with Crippen molar-refractivity contribution in [3.05, 3.63) is 11.4 Å². The van der Waals surface area contributed by atoms with Crippen molar-refractivity contribution in [3.8, 4) is 0 Å². The van der Waals surface area contributed by atoms with E-state index in [1.54, 1.807) is 11.8 Å². The van der Waals surface area contributed by atoms with Crippen molar-refractivity contribution in [3.63, 3.8) is 0 Å². The lowest BCUT2D eigenvalue weighted by Gasteiger charge is -2.08. The van der Waals surface area contributed by atoms with Crippen LogP contribution >= 0.6 is 11.8 Å². The highest BCUT2D eigenvalue weighted by atomic mass is 32.2. The second-order valence-corrected chi connectivity index (χ2v) is 5.75. The zero-order valence-electron chi connectivity index (χ0n) is 11.3. The molecule has 1 aliphatic carbocycles. The summed E-state index contributed by atoms with van der Waals surface area (Å²) in [5.74, 6) is 0.560. The first-order chi connectivity index (χ1) is 8.63. The summed E-state index contributed by atoms with van der Waals surface area (Å²) in [6.07, 6.45) is 3.46. The van der Waals surface area contributed by atoms with Crippen LogP contribution < -0.4 is 5.32 Å². The molecule has 0 bridgehead atoms. The topological polar surface area (TPSA) is 46.9 Å². The maximum atomic E-state index is 11.6. The summed E-state index contributed by atoms with van der Waals surface area (Å²) >= 11 is 1.55. The number of aryl methyl sites for hydroxylation is 1. The molecule has 1 aromatic heterocycles. The standard InChI is InChI=1S/C13H21N3OS/c1-4-7-14-12(17)8-18-13-15-9(2)10(3)16(13)11-5-6-11/h11H,4-8H2,1-3H3,(H,14,17). The van der Waals surface area contributed by atoms with Gasteiger partial charge in [-0.2, -0.15) is 0 Å². The molecule has 1 heterocycles. The quantitative estimate of drug-likeness (QED) is 0.805. The highest BCUT2D eigenvalue weighted by Crippen LogP contribution is 2.39. The van der Waals surface area contributed by atoms with Crippen LogP contribution in [-0.2, 0) is 4.79 Å². The van der Waals surface area contributed by atoms with E-state index in [-0.39, 0.29) is 5.91 Å². The number of nitrogens with one attached hydrogen (secondary N) is 1. The summed E-state index contributed by atoms with van der Waals surface area (Å²) in [7, 11) is 0.